The molecule has 0 spiro atoms. The third-order valence-corrected chi connectivity index (χ3v) is 3.99. The van der Waals surface area contributed by atoms with Crippen molar-refractivity contribution in [2.75, 3.05) is 0 Å². The number of carboxylic acid groups (broad SMARTS) is 1. The summed E-state index contributed by atoms with van der Waals surface area (Å²) < 4.78 is 38.0. The quantitative estimate of drug-likeness (QED) is 0.690. The van der Waals surface area contributed by atoms with E-state index in [1.807, 2.05) is 0 Å². The lowest BCUT2D eigenvalue weighted by atomic mass is 10.0. The Morgan fingerprint density at radius 2 is 1.80 bits per heavy atom. The van der Waals surface area contributed by atoms with Crippen LogP contribution in [0.1, 0.15) is 10.4 Å². The van der Waals surface area contributed by atoms with Gasteiger partial charge in [-0.15, -0.1) is 0 Å². The molecule has 3 rings (SSSR count). The number of nitrogens with zero attached hydrogens (tertiary/aromatic N) is 1. The summed E-state index contributed by atoms with van der Waals surface area (Å²) >= 11 is 5.84. The van der Waals surface area contributed by atoms with E-state index in [2.05, 4.69) is 9.17 Å². The molecule has 0 saturated heterocycles. The van der Waals surface area contributed by atoms with Crippen molar-refractivity contribution in [3.63, 3.8) is 0 Å². The number of aromatic carboxylic acids is 1. The SMILES string of the molecule is O=C(O)c1cc(-c2ccc(Cl)cc2)nc2ccc(OS(=O)(=O)F)cc12. The summed E-state index contributed by atoms with van der Waals surface area (Å²) in [6.07, 6.45) is 0. The molecule has 9 heteroatoms. The third-order valence-electron chi connectivity index (χ3n) is 3.35. The van der Waals surface area contributed by atoms with E-state index >= 15 is 0 Å². The van der Waals surface area contributed by atoms with E-state index in [0.717, 1.165) is 6.07 Å². The van der Waals surface area contributed by atoms with Gasteiger partial charge in [0, 0.05) is 16.0 Å². The van der Waals surface area contributed by atoms with Crippen molar-refractivity contribution in [2.24, 2.45) is 0 Å². The zero-order chi connectivity index (χ0) is 18.2. The first-order valence-corrected chi connectivity index (χ1v) is 8.50. The van der Waals surface area contributed by atoms with Gasteiger partial charge in [-0.05, 0) is 36.4 Å². The minimum absolute atomic E-state index is 0.117. The number of carbonyl (C=O) groups is 1. The second kappa shape index (κ2) is 6.30. The molecule has 128 valence electrons. The molecule has 0 atom stereocenters. The van der Waals surface area contributed by atoms with Gasteiger partial charge in [0.2, 0.25) is 0 Å². The molecule has 1 heterocycles. The number of halogens is 2. The van der Waals surface area contributed by atoms with Gasteiger partial charge in [-0.25, -0.2) is 9.78 Å². The predicted molar refractivity (Wildman–Crippen MR) is 89.8 cm³/mol. The van der Waals surface area contributed by atoms with Crippen LogP contribution in [0.4, 0.5) is 3.89 Å². The highest BCUT2D eigenvalue weighted by Crippen LogP contribution is 2.29. The highest BCUT2D eigenvalue weighted by atomic mass is 35.5. The van der Waals surface area contributed by atoms with Crippen LogP contribution in [0.3, 0.4) is 0 Å². The zero-order valence-electron chi connectivity index (χ0n) is 12.3. The lowest BCUT2D eigenvalue weighted by molar-refractivity contribution is 0.0699. The van der Waals surface area contributed by atoms with Crippen LogP contribution in [-0.2, 0) is 10.5 Å². The number of aromatic nitrogens is 1. The largest absolute Gasteiger partial charge is 0.488 e. The highest BCUT2D eigenvalue weighted by molar-refractivity contribution is 7.81. The van der Waals surface area contributed by atoms with Gasteiger partial charge in [0.15, 0.2) is 0 Å². The molecule has 0 radical (unpaired) electrons. The number of pyridine rings is 1. The molecule has 1 aromatic heterocycles. The second-order valence-corrected chi connectivity index (χ2v) is 6.41. The number of carboxylic acids is 1. The van der Waals surface area contributed by atoms with E-state index < -0.39 is 16.5 Å². The summed E-state index contributed by atoms with van der Waals surface area (Å²) in [5, 5.41) is 10.1. The molecule has 0 aliphatic heterocycles. The first-order chi connectivity index (χ1) is 11.7. The van der Waals surface area contributed by atoms with Crippen LogP contribution in [0.25, 0.3) is 22.2 Å². The summed E-state index contributed by atoms with van der Waals surface area (Å²) in [6, 6.07) is 11.6. The summed E-state index contributed by atoms with van der Waals surface area (Å²) in [7, 11) is -5.21. The molecular weight excluding hydrogens is 373 g/mol. The van der Waals surface area contributed by atoms with Gasteiger partial charge in [0.05, 0.1) is 16.8 Å². The first kappa shape index (κ1) is 17.1. The maximum Gasteiger partial charge on any atom is 0.488 e. The first-order valence-electron chi connectivity index (χ1n) is 6.81. The van der Waals surface area contributed by atoms with Crippen LogP contribution in [0, 0.1) is 0 Å². The Bertz CT molecular complexity index is 1080. The predicted octanol–water partition coefficient (Wildman–Crippen LogP) is 3.85. The van der Waals surface area contributed by atoms with E-state index in [9.17, 15) is 22.2 Å². The second-order valence-electron chi connectivity index (χ2n) is 5.02. The summed E-state index contributed by atoms with van der Waals surface area (Å²) in [4.78, 5) is 15.9. The van der Waals surface area contributed by atoms with Gasteiger partial charge >= 0.3 is 16.5 Å². The molecule has 3 aromatic rings. The molecule has 0 fully saturated rings. The number of benzene rings is 2. The molecular formula is C16H9ClFNO5S. The Morgan fingerprint density at radius 1 is 1.12 bits per heavy atom. The van der Waals surface area contributed by atoms with Crippen molar-refractivity contribution < 1.29 is 26.4 Å². The van der Waals surface area contributed by atoms with Crippen LogP contribution in [0.5, 0.6) is 5.75 Å². The van der Waals surface area contributed by atoms with Crippen LogP contribution < -0.4 is 4.18 Å². The van der Waals surface area contributed by atoms with Crippen LogP contribution in [0.15, 0.2) is 48.5 Å². The van der Waals surface area contributed by atoms with Crippen LogP contribution in [0.2, 0.25) is 5.02 Å². The van der Waals surface area contributed by atoms with Gasteiger partial charge in [-0.1, -0.05) is 27.6 Å². The van der Waals surface area contributed by atoms with Gasteiger partial charge in [-0.3, -0.25) is 0 Å². The Kier molecular flexibility index (Phi) is 4.32. The fourth-order valence-corrected chi connectivity index (χ4v) is 2.78. The Balaban J connectivity index is 2.19. The molecule has 0 aliphatic carbocycles. The summed E-state index contributed by atoms with van der Waals surface area (Å²) in [5.74, 6) is -1.60. The fraction of sp³-hybridized carbons (Fsp3) is 0. The normalized spacial score (nSPS) is 11.4. The van der Waals surface area contributed by atoms with Crippen molar-refractivity contribution in [3.8, 4) is 17.0 Å². The maximum atomic E-state index is 12.7. The van der Waals surface area contributed by atoms with Gasteiger partial charge < -0.3 is 9.29 Å². The molecule has 0 bridgehead atoms. The Hall–Kier alpha value is -2.71. The molecule has 1 N–H and O–H groups in total. The smallest absolute Gasteiger partial charge is 0.478 e. The summed E-state index contributed by atoms with van der Waals surface area (Å²) in [6.45, 7) is 0. The van der Waals surface area contributed by atoms with Gasteiger partial charge in [0.25, 0.3) is 0 Å². The number of rotatable bonds is 4. The van der Waals surface area contributed by atoms with Gasteiger partial charge in [0.1, 0.15) is 5.75 Å². The van der Waals surface area contributed by atoms with E-state index in [4.69, 9.17) is 11.6 Å². The van der Waals surface area contributed by atoms with Crippen molar-refractivity contribution in [1.29, 1.82) is 0 Å². The number of fused-ring (bicyclic) bond motifs is 1. The molecule has 0 unspecified atom stereocenters. The highest BCUT2D eigenvalue weighted by Gasteiger charge is 2.16. The zero-order valence-corrected chi connectivity index (χ0v) is 13.9. The van der Waals surface area contributed by atoms with Crippen molar-refractivity contribution in [1.82, 2.24) is 4.98 Å². The van der Waals surface area contributed by atoms with Gasteiger partial charge in [-0.2, -0.15) is 8.42 Å². The molecule has 0 saturated carbocycles. The number of hydrogen-bond donors (Lipinski definition) is 1. The van der Waals surface area contributed by atoms with Crippen molar-refractivity contribution in [3.05, 3.63) is 59.1 Å². The lowest BCUT2D eigenvalue weighted by Crippen LogP contribution is -2.03. The van der Waals surface area contributed by atoms with E-state index in [0.29, 0.717) is 16.3 Å². The molecule has 0 aliphatic rings. The summed E-state index contributed by atoms with van der Waals surface area (Å²) in [5.41, 5.74) is 1.21. The van der Waals surface area contributed by atoms with E-state index in [1.54, 1.807) is 24.3 Å². The minimum Gasteiger partial charge on any atom is -0.478 e. The van der Waals surface area contributed by atoms with Crippen LogP contribution in [-0.4, -0.2) is 24.5 Å². The maximum absolute atomic E-state index is 12.7. The minimum atomic E-state index is -5.21. The average molecular weight is 382 g/mol. The average Bonchev–Trinajstić information content (AvgIpc) is 2.53. The number of hydrogen-bond acceptors (Lipinski definition) is 5. The van der Waals surface area contributed by atoms with Crippen molar-refractivity contribution in [2.45, 2.75) is 0 Å². The van der Waals surface area contributed by atoms with Crippen molar-refractivity contribution >= 4 is 39.0 Å². The Morgan fingerprint density at radius 3 is 2.40 bits per heavy atom. The molecule has 2 aromatic carbocycles. The molecule has 0 amide bonds. The third kappa shape index (κ3) is 3.86. The molecule has 6 nitrogen and oxygen atoms in total. The van der Waals surface area contributed by atoms with Crippen LogP contribution >= 0.6 is 11.6 Å². The van der Waals surface area contributed by atoms with E-state index in [-0.39, 0.29) is 22.2 Å². The Labute approximate surface area is 146 Å². The molecule has 25 heavy (non-hydrogen) atoms. The standard InChI is InChI=1S/C16H9ClFNO5S/c17-10-3-1-9(2-4-10)15-8-13(16(20)21)12-7-11(24-25(18,22)23)5-6-14(12)19-15/h1-8H,(H,20,21). The van der Waals surface area contributed by atoms with E-state index in [1.165, 1.54) is 18.2 Å². The fourth-order valence-electron chi connectivity index (χ4n) is 2.32. The monoisotopic (exact) mass is 381 g/mol. The topological polar surface area (TPSA) is 93.6 Å². The lowest BCUT2D eigenvalue weighted by Gasteiger charge is -2.09.